The van der Waals surface area contributed by atoms with E-state index in [1.54, 1.807) is 0 Å². The summed E-state index contributed by atoms with van der Waals surface area (Å²) in [5, 5.41) is 27.5. The number of fused-ring (bicyclic) bond motifs is 2. The zero-order valence-corrected chi connectivity index (χ0v) is 18.4. The number of carbonyl (C=O) groups excluding carboxylic acids is 1. The quantitative estimate of drug-likeness (QED) is 0.471. The predicted octanol–water partition coefficient (Wildman–Crippen LogP) is -0.143. The number of amidine groups is 1. The molecule has 1 saturated carbocycles. The molecule has 0 bridgehead atoms. The van der Waals surface area contributed by atoms with Gasteiger partial charge in [0.25, 0.3) is 0 Å². The van der Waals surface area contributed by atoms with Crippen LogP contribution in [0.5, 0.6) is 11.5 Å². The lowest BCUT2D eigenvalue weighted by Gasteiger charge is -2.37. The normalized spacial score (nSPS) is 31.7. The molecule has 10 nitrogen and oxygen atoms in total. The average Bonchev–Trinajstić information content (AvgIpc) is 3.44. The molecule has 4 aliphatic rings. The van der Waals surface area contributed by atoms with E-state index in [-0.39, 0.29) is 24.4 Å². The van der Waals surface area contributed by atoms with E-state index in [0.29, 0.717) is 23.2 Å². The number of amides is 1. The Morgan fingerprint density at radius 1 is 1.22 bits per heavy atom. The fraction of sp³-hybridized carbons (Fsp3) is 0.619. The van der Waals surface area contributed by atoms with Gasteiger partial charge in [0, 0.05) is 43.2 Å². The molecule has 174 valence electrons. The van der Waals surface area contributed by atoms with E-state index in [0.717, 1.165) is 38.5 Å². The summed E-state index contributed by atoms with van der Waals surface area (Å²) in [4.78, 5) is 19.8. The van der Waals surface area contributed by atoms with Gasteiger partial charge in [-0.25, -0.2) is 0 Å². The van der Waals surface area contributed by atoms with Crippen LogP contribution >= 0.6 is 11.8 Å². The van der Waals surface area contributed by atoms with Gasteiger partial charge in [-0.1, -0.05) is 11.8 Å². The molecule has 0 unspecified atom stereocenters. The number of carbonyl (C=O) groups is 1. The number of aliphatic hydroxyl groups is 2. The van der Waals surface area contributed by atoms with Gasteiger partial charge in [-0.15, -0.1) is 0 Å². The van der Waals surface area contributed by atoms with Crippen molar-refractivity contribution in [2.45, 2.75) is 29.9 Å². The van der Waals surface area contributed by atoms with Crippen molar-refractivity contribution in [3.8, 4) is 11.5 Å². The van der Waals surface area contributed by atoms with Gasteiger partial charge in [-0.3, -0.25) is 14.7 Å². The predicted molar refractivity (Wildman–Crippen MR) is 119 cm³/mol. The smallest absolute Gasteiger partial charge is 0.231 e. The van der Waals surface area contributed by atoms with Gasteiger partial charge < -0.3 is 35.1 Å². The zero-order valence-electron chi connectivity index (χ0n) is 17.6. The highest BCUT2D eigenvalue weighted by Gasteiger charge is 2.50. The van der Waals surface area contributed by atoms with Gasteiger partial charge in [0.2, 0.25) is 12.7 Å². The van der Waals surface area contributed by atoms with Crippen molar-refractivity contribution in [3.05, 3.63) is 18.2 Å². The topological polar surface area (TPSA) is 125 Å². The largest absolute Gasteiger partial charge is 0.454 e. The Bertz CT molecular complexity index is 880. The summed E-state index contributed by atoms with van der Waals surface area (Å²) in [7, 11) is 0. The molecular formula is C21H28N4O6S. The summed E-state index contributed by atoms with van der Waals surface area (Å²) in [5.41, 5.74) is 0.778. The fourth-order valence-electron chi connectivity index (χ4n) is 4.50. The number of benzene rings is 1. The number of nitrogens with one attached hydrogen (secondary N) is 2. The molecule has 0 spiro atoms. The van der Waals surface area contributed by atoms with Gasteiger partial charge in [-0.2, -0.15) is 0 Å². The summed E-state index contributed by atoms with van der Waals surface area (Å²) in [6.45, 7) is 4.68. The Balaban J connectivity index is 1.21. The highest BCUT2D eigenvalue weighted by molar-refractivity contribution is 8.15. The first-order valence-corrected chi connectivity index (χ1v) is 11.8. The van der Waals surface area contributed by atoms with Crippen molar-refractivity contribution in [2.75, 3.05) is 51.5 Å². The molecule has 2 fully saturated rings. The summed E-state index contributed by atoms with van der Waals surface area (Å²) < 4.78 is 16.1. The van der Waals surface area contributed by atoms with Gasteiger partial charge in [0.1, 0.15) is 6.10 Å². The second-order valence-corrected chi connectivity index (χ2v) is 9.51. The standard InChI is InChI=1S/C21H28N4O6S/c26-14-10-13(20(28)22-3-4-25-5-7-29-8-6-25)19-17(18(14)27)24-21(32-19)23-12-1-2-15-16(9-12)31-11-30-15/h1-2,9,13-14,17-19,26-27H,3-8,10-11H2,(H,22,28)(H,23,24)/t13-,14+,17-,18-,19+/m0/s1. The third-order valence-electron chi connectivity index (χ3n) is 6.28. The van der Waals surface area contributed by atoms with E-state index in [1.807, 2.05) is 18.2 Å². The number of hydrogen-bond acceptors (Lipinski definition) is 10. The number of aliphatic hydroxyl groups excluding tert-OH is 2. The number of thioether (sulfide) groups is 1. The van der Waals surface area contributed by atoms with Crippen molar-refractivity contribution in [1.82, 2.24) is 10.2 Å². The lowest BCUT2D eigenvalue weighted by Crippen LogP contribution is -2.54. The van der Waals surface area contributed by atoms with Crippen LogP contribution in [0.3, 0.4) is 0 Å². The Kier molecular flexibility index (Phi) is 6.42. The average molecular weight is 465 g/mol. The number of aliphatic imine (C=N–C) groups is 1. The minimum absolute atomic E-state index is 0.105. The van der Waals surface area contributed by atoms with Crippen LogP contribution in [-0.2, 0) is 9.53 Å². The maximum absolute atomic E-state index is 13.0. The molecule has 1 aromatic carbocycles. The number of morpholine rings is 1. The molecule has 0 aromatic heterocycles. The Morgan fingerprint density at radius 2 is 2.03 bits per heavy atom. The maximum atomic E-state index is 13.0. The van der Waals surface area contributed by atoms with E-state index in [9.17, 15) is 15.0 Å². The number of anilines is 1. The van der Waals surface area contributed by atoms with Crippen LogP contribution in [0, 0.1) is 5.92 Å². The Morgan fingerprint density at radius 3 is 2.88 bits per heavy atom. The number of ether oxygens (including phenoxy) is 3. The van der Waals surface area contributed by atoms with Crippen molar-refractivity contribution in [2.24, 2.45) is 10.9 Å². The van der Waals surface area contributed by atoms with Crippen molar-refractivity contribution in [3.63, 3.8) is 0 Å². The third-order valence-corrected chi connectivity index (χ3v) is 7.59. The molecule has 5 atom stereocenters. The van der Waals surface area contributed by atoms with Crippen LogP contribution in [0.15, 0.2) is 23.2 Å². The molecule has 1 saturated heterocycles. The molecule has 1 aliphatic carbocycles. The lowest BCUT2D eigenvalue weighted by molar-refractivity contribution is -0.129. The summed E-state index contributed by atoms with van der Waals surface area (Å²) in [6, 6.07) is 4.96. The van der Waals surface area contributed by atoms with Crippen LogP contribution < -0.4 is 20.1 Å². The molecule has 1 amide bonds. The van der Waals surface area contributed by atoms with Crippen molar-refractivity contribution >= 4 is 28.5 Å². The van der Waals surface area contributed by atoms with Crippen molar-refractivity contribution < 1.29 is 29.2 Å². The number of hydrogen-bond donors (Lipinski definition) is 4. The van der Waals surface area contributed by atoms with E-state index >= 15 is 0 Å². The van der Waals surface area contributed by atoms with Crippen LogP contribution in [-0.4, -0.2) is 95.9 Å². The van der Waals surface area contributed by atoms with Crippen LogP contribution in [0.4, 0.5) is 5.69 Å². The van der Waals surface area contributed by atoms with E-state index in [4.69, 9.17) is 14.2 Å². The first kappa shape index (κ1) is 21.8. The molecule has 1 aromatic rings. The lowest BCUT2D eigenvalue weighted by atomic mass is 9.81. The second kappa shape index (κ2) is 9.44. The molecule has 32 heavy (non-hydrogen) atoms. The Hall–Kier alpha value is -2.05. The molecule has 5 rings (SSSR count). The minimum atomic E-state index is -0.999. The molecule has 3 aliphatic heterocycles. The summed E-state index contributed by atoms with van der Waals surface area (Å²) in [5.74, 6) is 0.806. The number of rotatable bonds is 5. The van der Waals surface area contributed by atoms with Crippen LogP contribution in [0.25, 0.3) is 0 Å². The first-order chi connectivity index (χ1) is 15.6. The summed E-state index contributed by atoms with van der Waals surface area (Å²) >= 11 is 1.43. The molecule has 4 N–H and O–H groups in total. The van der Waals surface area contributed by atoms with Gasteiger partial charge in [-0.05, 0) is 18.6 Å². The van der Waals surface area contributed by atoms with Crippen molar-refractivity contribution in [1.29, 1.82) is 0 Å². The van der Waals surface area contributed by atoms with Crippen LogP contribution in [0.1, 0.15) is 6.42 Å². The maximum Gasteiger partial charge on any atom is 0.231 e. The second-order valence-electron chi connectivity index (χ2n) is 8.35. The molecule has 11 heteroatoms. The van der Waals surface area contributed by atoms with Gasteiger partial charge in [0.05, 0.1) is 31.3 Å². The Labute approximate surface area is 190 Å². The molecule has 3 heterocycles. The highest BCUT2D eigenvalue weighted by Crippen LogP contribution is 2.42. The van der Waals surface area contributed by atoms with E-state index < -0.39 is 24.2 Å². The van der Waals surface area contributed by atoms with Gasteiger partial charge >= 0.3 is 0 Å². The zero-order chi connectivity index (χ0) is 22.1. The minimum Gasteiger partial charge on any atom is -0.454 e. The monoisotopic (exact) mass is 464 g/mol. The third kappa shape index (κ3) is 4.53. The highest BCUT2D eigenvalue weighted by atomic mass is 32.2. The van der Waals surface area contributed by atoms with Crippen LogP contribution in [0.2, 0.25) is 0 Å². The molecular weight excluding hydrogens is 436 g/mol. The fourth-order valence-corrected chi connectivity index (χ4v) is 5.88. The first-order valence-electron chi connectivity index (χ1n) is 10.9. The number of nitrogens with zero attached hydrogens (tertiary/aromatic N) is 2. The van der Waals surface area contributed by atoms with E-state index in [1.165, 1.54) is 11.8 Å². The van der Waals surface area contributed by atoms with Gasteiger partial charge in [0.15, 0.2) is 16.7 Å². The van der Waals surface area contributed by atoms with E-state index in [2.05, 4.69) is 20.5 Å². The molecule has 0 radical (unpaired) electrons. The summed E-state index contributed by atoms with van der Waals surface area (Å²) in [6.07, 6.45) is -1.77. The SMILES string of the molecule is O=C(NCCN1CCOCC1)[C@H]1C[C@@H](O)[C@H](O)[C@@H]2N=C(Nc3ccc4c(c3)OCO4)S[C@@H]21.